The van der Waals surface area contributed by atoms with Crippen LogP contribution in [0.15, 0.2) is 89.8 Å². The van der Waals surface area contributed by atoms with Crippen molar-refractivity contribution in [2.75, 3.05) is 13.1 Å². The third kappa shape index (κ3) is 8.27. The van der Waals surface area contributed by atoms with E-state index in [2.05, 4.69) is 10.0 Å². The van der Waals surface area contributed by atoms with Gasteiger partial charge in [0.2, 0.25) is 21.8 Å². The lowest BCUT2D eigenvalue weighted by Crippen LogP contribution is -2.50. The van der Waals surface area contributed by atoms with Gasteiger partial charge in [-0.2, -0.15) is 0 Å². The van der Waals surface area contributed by atoms with E-state index in [-0.39, 0.29) is 23.1 Å². The number of nitrogens with zero attached hydrogens (tertiary/aromatic N) is 1. The normalized spacial score (nSPS) is 12.1. The zero-order valence-electron chi connectivity index (χ0n) is 21.4. The first-order valence-corrected chi connectivity index (χ1v) is 14.1. The smallest absolute Gasteiger partial charge is 0.243 e. The largest absolute Gasteiger partial charge is 0.355 e. The summed E-state index contributed by atoms with van der Waals surface area (Å²) in [7, 11) is -3.53. The van der Waals surface area contributed by atoms with Crippen LogP contribution in [-0.2, 0) is 39.0 Å². The fourth-order valence-electron chi connectivity index (χ4n) is 4.13. The third-order valence-electron chi connectivity index (χ3n) is 6.01. The Morgan fingerprint density at radius 3 is 1.95 bits per heavy atom. The number of carbonyl (C=O) groups excluding carboxylic acids is 2. The average Bonchev–Trinajstić information content (AvgIpc) is 2.91. The van der Waals surface area contributed by atoms with Crippen molar-refractivity contribution >= 4 is 21.8 Å². The Hall–Kier alpha value is -3.49. The van der Waals surface area contributed by atoms with E-state index in [1.54, 1.807) is 36.1 Å². The van der Waals surface area contributed by atoms with E-state index in [4.69, 9.17) is 0 Å². The van der Waals surface area contributed by atoms with Crippen LogP contribution in [0.2, 0.25) is 0 Å². The van der Waals surface area contributed by atoms with Crippen molar-refractivity contribution in [3.05, 3.63) is 102 Å². The minimum atomic E-state index is -3.53. The van der Waals surface area contributed by atoms with Gasteiger partial charge in [0.25, 0.3) is 0 Å². The minimum Gasteiger partial charge on any atom is -0.355 e. The predicted molar refractivity (Wildman–Crippen MR) is 145 cm³/mol. The molecule has 8 heteroatoms. The number of hydrogen-bond donors (Lipinski definition) is 2. The van der Waals surface area contributed by atoms with Crippen molar-refractivity contribution in [1.82, 2.24) is 14.9 Å². The summed E-state index contributed by atoms with van der Waals surface area (Å²) in [6.07, 6.45) is 1.03. The van der Waals surface area contributed by atoms with Crippen molar-refractivity contribution in [3.8, 4) is 0 Å². The molecule has 0 spiro atoms. The predicted octanol–water partition coefficient (Wildman–Crippen LogP) is 3.69. The van der Waals surface area contributed by atoms with Gasteiger partial charge in [-0.1, -0.05) is 79.7 Å². The van der Waals surface area contributed by atoms with Crippen LogP contribution in [0.1, 0.15) is 37.0 Å². The second-order valence-corrected chi connectivity index (χ2v) is 10.5. The summed E-state index contributed by atoms with van der Waals surface area (Å²) in [5, 5.41) is 2.90. The van der Waals surface area contributed by atoms with Gasteiger partial charge in [0.1, 0.15) is 6.04 Å². The van der Waals surface area contributed by atoms with Gasteiger partial charge in [0.15, 0.2) is 0 Å². The van der Waals surface area contributed by atoms with E-state index in [0.717, 1.165) is 16.7 Å². The van der Waals surface area contributed by atoms with Crippen LogP contribution in [0.25, 0.3) is 0 Å². The molecule has 0 radical (unpaired) electrons. The van der Waals surface area contributed by atoms with Gasteiger partial charge in [0, 0.05) is 32.5 Å². The quantitative estimate of drug-likeness (QED) is 0.359. The molecule has 0 bridgehead atoms. The number of carbonyl (C=O) groups is 2. The number of hydrogen-bond acceptors (Lipinski definition) is 4. The maximum absolute atomic E-state index is 13.6. The topological polar surface area (TPSA) is 95.6 Å². The standard InChI is InChI=1S/C29H35N3O4S/c1-3-30-29(34)27(21-24-11-7-5-8-12-24)32(22-25-13-9-6-10-14-25)28(33)20-17-23-15-18-26(19-16-23)37(35,36)31-4-2/h5-16,18-19,27,31H,3-4,17,20-22H2,1-2H3,(H,30,34). The highest BCUT2D eigenvalue weighted by atomic mass is 32.2. The van der Waals surface area contributed by atoms with E-state index >= 15 is 0 Å². The molecule has 0 aliphatic heterocycles. The molecule has 2 N–H and O–H groups in total. The van der Waals surface area contributed by atoms with E-state index in [9.17, 15) is 18.0 Å². The molecule has 0 aromatic heterocycles. The molecule has 3 aromatic carbocycles. The molecule has 0 aliphatic carbocycles. The molecule has 0 fully saturated rings. The highest BCUT2D eigenvalue weighted by Gasteiger charge is 2.30. The van der Waals surface area contributed by atoms with E-state index in [1.807, 2.05) is 67.6 Å². The lowest BCUT2D eigenvalue weighted by molar-refractivity contribution is -0.141. The molecule has 2 amide bonds. The summed E-state index contributed by atoms with van der Waals surface area (Å²) in [5.74, 6) is -0.325. The molecule has 0 saturated carbocycles. The number of benzene rings is 3. The van der Waals surface area contributed by atoms with Crippen LogP contribution in [0.5, 0.6) is 0 Å². The molecule has 37 heavy (non-hydrogen) atoms. The van der Waals surface area contributed by atoms with Crippen LogP contribution in [-0.4, -0.2) is 44.3 Å². The molecule has 0 heterocycles. The number of amides is 2. The van der Waals surface area contributed by atoms with Gasteiger partial charge in [-0.15, -0.1) is 0 Å². The highest BCUT2D eigenvalue weighted by molar-refractivity contribution is 7.89. The van der Waals surface area contributed by atoms with E-state index < -0.39 is 16.1 Å². The summed E-state index contributed by atoms with van der Waals surface area (Å²) in [5.41, 5.74) is 2.76. The summed E-state index contributed by atoms with van der Waals surface area (Å²) < 4.78 is 26.9. The lowest BCUT2D eigenvalue weighted by atomic mass is 10.0. The van der Waals surface area contributed by atoms with Crippen LogP contribution in [0, 0.1) is 0 Å². The molecule has 7 nitrogen and oxygen atoms in total. The maximum Gasteiger partial charge on any atom is 0.243 e. The summed E-state index contributed by atoms with van der Waals surface area (Å²) in [4.78, 5) is 28.6. The number of likely N-dealkylation sites (N-methyl/N-ethyl adjacent to an activating group) is 1. The van der Waals surface area contributed by atoms with E-state index in [1.165, 1.54) is 0 Å². The van der Waals surface area contributed by atoms with Gasteiger partial charge in [-0.05, 0) is 42.2 Å². The van der Waals surface area contributed by atoms with Gasteiger partial charge in [-0.25, -0.2) is 13.1 Å². The maximum atomic E-state index is 13.6. The molecule has 3 aromatic rings. The second kappa shape index (κ2) is 13.7. The highest BCUT2D eigenvalue weighted by Crippen LogP contribution is 2.18. The number of rotatable bonds is 13. The van der Waals surface area contributed by atoms with E-state index in [0.29, 0.717) is 32.5 Å². The molecule has 0 aliphatic rings. The van der Waals surface area contributed by atoms with Gasteiger partial charge < -0.3 is 10.2 Å². The Morgan fingerprint density at radius 2 is 1.38 bits per heavy atom. The van der Waals surface area contributed by atoms with Crippen LogP contribution in [0.4, 0.5) is 0 Å². The fourth-order valence-corrected chi connectivity index (χ4v) is 5.17. The van der Waals surface area contributed by atoms with Crippen molar-refractivity contribution in [2.45, 2.75) is 50.6 Å². The Bertz CT molecular complexity index is 1250. The summed E-state index contributed by atoms with van der Waals surface area (Å²) >= 11 is 0. The Labute approximate surface area is 220 Å². The minimum absolute atomic E-state index is 0.139. The Balaban J connectivity index is 1.82. The van der Waals surface area contributed by atoms with Crippen molar-refractivity contribution in [2.24, 2.45) is 0 Å². The SMILES string of the molecule is CCNC(=O)C(Cc1ccccc1)N(Cc1ccccc1)C(=O)CCc1ccc(S(=O)(=O)NCC)cc1. The monoisotopic (exact) mass is 521 g/mol. The number of nitrogens with one attached hydrogen (secondary N) is 2. The van der Waals surface area contributed by atoms with Crippen molar-refractivity contribution in [3.63, 3.8) is 0 Å². The number of aryl methyl sites for hydroxylation is 1. The molecular weight excluding hydrogens is 486 g/mol. The second-order valence-electron chi connectivity index (χ2n) is 8.75. The zero-order valence-corrected chi connectivity index (χ0v) is 22.2. The summed E-state index contributed by atoms with van der Waals surface area (Å²) in [6, 6.07) is 25.2. The third-order valence-corrected chi connectivity index (χ3v) is 7.57. The van der Waals surface area contributed by atoms with Crippen molar-refractivity contribution in [1.29, 1.82) is 0 Å². The lowest BCUT2D eigenvalue weighted by Gasteiger charge is -2.31. The average molecular weight is 522 g/mol. The molecule has 1 atom stereocenters. The molecular formula is C29H35N3O4S. The van der Waals surface area contributed by atoms with Crippen LogP contribution < -0.4 is 10.0 Å². The summed E-state index contributed by atoms with van der Waals surface area (Å²) in [6.45, 7) is 4.69. The molecule has 3 rings (SSSR count). The van der Waals surface area contributed by atoms with Gasteiger partial charge in [-0.3, -0.25) is 9.59 Å². The first-order valence-electron chi connectivity index (χ1n) is 12.6. The molecule has 1 unspecified atom stereocenters. The molecule has 196 valence electrons. The van der Waals surface area contributed by atoms with Crippen molar-refractivity contribution < 1.29 is 18.0 Å². The Kier molecular flexibility index (Phi) is 10.4. The van der Waals surface area contributed by atoms with Gasteiger partial charge in [0.05, 0.1) is 4.90 Å². The first-order chi connectivity index (χ1) is 17.8. The fraction of sp³-hybridized carbons (Fsp3) is 0.310. The van der Waals surface area contributed by atoms with Gasteiger partial charge >= 0.3 is 0 Å². The molecule has 0 saturated heterocycles. The Morgan fingerprint density at radius 1 is 0.784 bits per heavy atom. The van der Waals surface area contributed by atoms with Crippen LogP contribution in [0.3, 0.4) is 0 Å². The zero-order chi connectivity index (χ0) is 26.7. The van der Waals surface area contributed by atoms with Crippen LogP contribution >= 0.6 is 0 Å². The first kappa shape index (κ1) is 28.1. The number of sulfonamides is 1.